The van der Waals surface area contributed by atoms with E-state index in [1.807, 2.05) is 19.1 Å². The zero-order valence-electron chi connectivity index (χ0n) is 17.8. The summed E-state index contributed by atoms with van der Waals surface area (Å²) in [6, 6.07) is 6.11. The van der Waals surface area contributed by atoms with Crippen LogP contribution < -0.4 is 10.2 Å². The second-order valence-corrected chi connectivity index (χ2v) is 9.04. The van der Waals surface area contributed by atoms with Gasteiger partial charge in [0.1, 0.15) is 11.6 Å². The first kappa shape index (κ1) is 20.2. The van der Waals surface area contributed by atoms with Crippen molar-refractivity contribution < 1.29 is 9.53 Å². The van der Waals surface area contributed by atoms with Crippen molar-refractivity contribution in [2.45, 2.75) is 44.4 Å². The van der Waals surface area contributed by atoms with Crippen LogP contribution in [0.3, 0.4) is 0 Å². The number of aromatic nitrogens is 2. The molecule has 0 spiro atoms. The van der Waals surface area contributed by atoms with E-state index in [2.05, 4.69) is 31.2 Å². The van der Waals surface area contributed by atoms with E-state index in [-0.39, 0.29) is 18.1 Å². The predicted octanol–water partition coefficient (Wildman–Crippen LogP) is 1.70. The third-order valence-corrected chi connectivity index (χ3v) is 6.46. The number of hydrogen-bond acceptors (Lipinski definition) is 7. The Labute approximate surface area is 182 Å². The molecular weight excluding hydrogens is 392 g/mol. The van der Waals surface area contributed by atoms with Crippen molar-refractivity contribution in [3.05, 3.63) is 30.2 Å². The molecule has 3 fully saturated rings. The normalized spacial score (nSPS) is 26.7. The molecule has 162 valence electrons. The van der Waals surface area contributed by atoms with Crippen LogP contribution >= 0.6 is 0 Å². The molecule has 0 bridgehead atoms. The van der Waals surface area contributed by atoms with Gasteiger partial charge in [0, 0.05) is 43.8 Å². The number of hydrogen-bond donors (Lipinski definition) is 1. The van der Waals surface area contributed by atoms with Gasteiger partial charge in [-0.15, -0.1) is 0 Å². The molecule has 2 saturated heterocycles. The number of nitrogens with one attached hydrogen (secondary N) is 1. The van der Waals surface area contributed by atoms with Crippen LogP contribution in [-0.4, -0.2) is 71.7 Å². The zero-order valence-corrected chi connectivity index (χ0v) is 17.8. The Bertz CT molecular complexity index is 1020. The van der Waals surface area contributed by atoms with Crippen molar-refractivity contribution in [2.75, 3.05) is 37.6 Å². The summed E-state index contributed by atoms with van der Waals surface area (Å²) >= 11 is 0. The van der Waals surface area contributed by atoms with Crippen LogP contribution in [-0.2, 0) is 9.53 Å². The van der Waals surface area contributed by atoms with E-state index in [1.54, 1.807) is 12.4 Å². The van der Waals surface area contributed by atoms with Gasteiger partial charge in [0.05, 0.1) is 24.5 Å². The lowest BCUT2D eigenvalue weighted by atomic mass is 10.1. The first-order chi connectivity index (χ1) is 15.1. The maximum absolute atomic E-state index is 13.0. The molecule has 31 heavy (non-hydrogen) atoms. The summed E-state index contributed by atoms with van der Waals surface area (Å²) in [7, 11) is 0. The van der Waals surface area contributed by atoms with E-state index in [4.69, 9.17) is 4.74 Å². The SMILES string of the molecule is C[C@@H]1CN(c2cnc(C#N)c3ncccc23)C[C@H](C(=O)NC2CCN(CC3CC3)C2)O1. The summed E-state index contributed by atoms with van der Waals surface area (Å²) in [6.45, 7) is 6.25. The number of fused-ring (bicyclic) bond motifs is 1. The molecule has 1 saturated carbocycles. The summed E-state index contributed by atoms with van der Waals surface area (Å²) in [6.07, 6.45) is 6.45. The van der Waals surface area contributed by atoms with Gasteiger partial charge in [0.2, 0.25) is 0 Å². The van der Waals surface area contributed by atoms with Gasteiger partial charge in [0.15, 0.2) is 11.8 Å². The zero-order chi connectivity index (χ0) is 21.4. The summed E-state index contributed by atoms with van der Waals surface area (Å²) in [5.41, 5.74) is 1.78. The Balaban J connectivity index is 1.29. The second-order valence-electron chi connectivity index (χ2n) is 9.04. The van der Waals surface area contributed by atoms with Crippen LogP contribution in [0.25, 0.3) is 10.9 Å². The number of carbonyl (C=O) groups is 1. The van der Waals surface area contributed by atoms with Crippen molar-refractivity contribution >= 4 is 22.5 Å². The van der Waals surface area contributed by atoms with Gasteiger partial charge in [-0.2, -0.15) is 5.26 Å². The van der Waals surface area contributed by atoms with Crippen LogP contribution in [0.1, 0.15) is 31.9 Å². The number of nitriles is 1. The highest BCUT2D eigenvalue weighted by atomic mass is 16.5. The largest absolute Gasteiger partial charge is 0.364 e. The van der Waals surface area contributed by atoms with E-state index in [9.17, 15) is 10.1 Å². The van der Waals surface area contributed by atoms with Gasteiger partial charge in [-0.25, -0.2) is 4.98 Å². The number of pyridine rings is 2. The number of morpholine rings is 1. The van der Waals surface area contributed by atoms with Gasteiger partial charge in [-0.05, 0) is 44.2 Å². The number of nitrogens with zero attached hydrogens (tertiary/aromatic N) is 5. The van der Waals surface area contributed by atoms with Crippen LogP contribution in [0, 0.1) is 17.2 Å². The van der Waals surface area contributed by atoms with Gasteiger partial charge < -0.3 is 19.9 Å². The fourth-order valence-electron chi connectivity index (χ4n) is 4.76. The topological polar surface area (TPSA) is 94.4 Å². The predicted molar refractivity (Wildman–Crippen MR) is 117 cm³/mol. The fourth-order valence-corrected chi connectivity index (χ4v) is 4.76. The van der Waals surface area contributed by atoms with Gasteiger partial charge >= 0.3 is 0 Å². The van der Waals surface area contributed by atoms with Crippen LogP contribution in [0.15, 0.2) is 24.5 Å². The molecule has 2 aromatic rings. The Hall–Kier alpha value is -2.76. The van der Waals surface area contributed by atoms with E-state index >= 15 is 0 Å². The molecule has 1 N–H and O–H groups in total. The number of carbonyl (C=O) groups excluding carboxylic acids is 1. The van der Waals surface area contributed by atoms with Gasteiger partial charge in [-0.1, -0.05) is 0 Å². The van der Waals surface area contributed by atoms with Crippen LogP contribution in [0.5, 0.6) is 0 Å². The molecule has 8 heteroatoms. The average molecular weight is 421 g/mol. The minimum atomic E-state index is -0.538. The van der Waals surface area contributed by atoms with Crippen molar-refractivity contribution in [1.82, 2.24) is 20.2 Å². The Kier molecular flexibility index (Phi) is 5.47. The lowest BCUT2D eigenvalue weighted by Gasteiger charge is -2.38. The van der Waals surface area contributed by atoms with E-state index in [0.29, 0.717) is 24.3 Å². The minimum Gasteiger partial charge on any atom is -0.364 e. The quantitative estimate of drug-likeness (QED) is 0.787. The molecule has 4 heterocycles. The standard InChI is InChI=1S/C23H28N6O2/c1-15-11-29(20-10-26-19(9-24)22-18(20)3-2-7-25-22)14-21(31-15)23(30)27-17-6-8-28(13-17)12-16-4-5-16/h2-3,7,10,15-17,21H,4-6,8,11-14H2,1H3,(H,27,30)/t15-,17?,21-/m1/s1. The highest BCUT2D eigenvalue weighted by Gasteiger charge is 2.35. The molecule has 1 unspecified atom stereocenters. The molecule has 8 nitrogen and oxygen atoms in total. The lowest BCUT2D eigenvalue weighted by molar-refractivity contribution is -0.138. The first-order valence-electron chi connectivity index (χ1n) is 11.2. The molecular formula is C23H28N6O2. The fraction of sp³-hybridized carbons (Fsp3) is 0.565. The third-order valence-electron chi connectivity index (χ3n) is 6.46. The number of rotatable bonds is 5. The summed E-state index contributed by atoms with van der Waals surface area (Å²) in [5, 5.41) is 13.4. The maximum Gasteiger partial charge on any atom is 0.251 e. The van der Waals surface area contributed by atoms with Crippen molar-refractivity contribution in [2.24, 2.45) is 5.92 Å². The van der Waals surface area contributed by atoms with E-state index < -0.39 is 6.10 Å². The van der Waals surface area contributed by atoms with Crippen LogP contribution in [0.4, 0.5) is 5.69 Å². The number of ether oxygens (including phenoxy) is 1. The smallest absolute Gasteiger partial charge is 0.251 e. The lowest BCUT2D eigenvalue weighted by Crippen LogP contribution is -2.54. The summed E-state index contributed by atoms with van der Waals surface area (Å²) in [5.74, 6) is 0.828. The molecule has 3 aliphatic rings. The van der Waals surface area contributed by atoms with Crippen molar-refractivity contribution in [1.29, 1.82) is 5.26 Å². The van der Waals surface area contributed by atoms with Crippen molar-refractivity contribution in [3.63, 3.8) is 0 Å². The van der Waals surface area contributed by atoms with E-state index in [1.165, 1.54) is 19.4 Å². The molecule has 5 rings (SSSR count). The average Bonchev–Trinajstić information content (AvgIpc) is 3.49. The highest BCUT2D eigenvalue weighted by molar-refractivity contribution is 5.94. The van der Waals surface area contributed by atoms with E-state index in [0.717, 1.165) is 36.5 Å². The maximum atomic E-state index is 13.0. The molecule has 2 aliphatic heterocycles. The number of amides is 1. The third kappa shape index (κ3) is 4.34. The first-order valence-corrected chi connectivity index (χ1v) is 11.2. The molecule has 0 aromatic carbocycles. The van der Waals surface area contributed by atoms with Gasteiger partial charge in [-0.3, -0.25) is 9.78 Å². The second kappa shape index (κ2) is 8.40. The Morgan fingerprint density at radius 2 is 2.16 bits per heavy atom. The number of anilines is 1. The monoisotopic (exact) mass is 420 g/mol. The van der Waals surface area contributed by atoms with Crippen LogP contribution in [0.2, 0.25) is 0 Å². The highest BCUT2D eigenvalue weighted by Crippen LogP contribution is 2.31. The van der Waals surface area contributed by atoms with Crippen molar-refractivity contribution in [3.8, 4) is 6.07 Å². The van der Waals surface area contributed by atoms with Gasteiger partial charge in [0.25, 0.3) is 5.91 Å². The summed E-state index contributed by atoms with van der Waals surface area (Å²) < 4.78 is 6.01. The molecule has 1 amide bonds. The molecule has 3 atom stereocenters. The Morgan fingerprint density at radius 3 is 2.97 bits per heavy atom. The Morgan fingerprint density at radius 1 is 1.29 bits per heavy atom. The molecule has 0 radical (unpaired) electrons. The number of likely N-dealkylation sites (tertiary alicyclic amines) is 1. The summed E-state index contributed by atoms with van der Waals surface area (Å²) in [4.78, 5) is 26.3. The minimum absolute atomic E-state index is 0.0427. The molecule has 1 aliphatic carbocycles. The molecule has 2 aromatic heterocycles.